The van der Waals surface area contributed by atoms with Crippen molar-refractivity contribution in [3.8, 4) is 0 Å². The molecular weight excluding hydrogens is 161 g/mol. The van der Waals surface area contributed by atoms with E-state index in [4.69, 9.17) is 3.87 Å². The molecule has 0 saturated carbocycles. The van der Waals surface area contributed by atoms with Crippen molar-refractivity contribution in [2.24, 2.45) is 0 Å². The molecule has 0 fully saturated rings. The Kier molecular flexibility index (Phi) is 13.1. The standard InChI is InChI=1S/C5H4N.CH3.Co.O/c1-2-4-6-5-3-1;;;/h1-4H;1H3;;/q2*-1;;. The van der Waals surface area contributed by atoms with Gasteiger partial charge in [-0.05, 0) is 0 Å². The van der Waals surface area contributed by atoms with Crippen LogP contribution in [0.5, 0.6) is 0 Å². The van der Waals surface area contributed by atoms with E-state index in [-0.39, 0.29) is 7.43 Å². The van der Waals surface area contributed by atoms with E-state index >= 15 is 0 Å². The molecule has 1 rings (SSSR count). The van der Waals surface area contributed by atoms with Crippen LogP contribution >= 0.6 is 0 Å². The Labute approximate surface area is 63.1 Å². The quantitative estimate of drug-likeness (QED) is 0.545. The van der Waals surface area contributed by atoms with Crippen molar-refractivity contribution >= 4 is 0 Å². The largest absolute Gasteiger partial charge is 0.394 e. The van der Waals surface area contributed by atoms with Gasteiger partial charge < -0.3 is 12.4 Å². The maximum absolute atomic E-state index is 7.94. The molecule has 0 saturated heterocycles. The second kappa shape index (κ2) is 10.4. The third-order valence-electron chi connectivity index (χ3n) is 0.517. The fourth-order valence-corrected chi connectivity index (χ4v) is 0.277. The van der Waals surface area contributed by atoms with E-state index in [0.29, 0.717) is 0 Å². The van der Waals surface area contributed by atoms with Gasteiger partial charge in [-0.25, -0.2) is 0 Å². The minimum atomic E-state index is 0. The average molecular weight is 168 g/mol. The second-order valence-electron chi connectivity index (χ2n) is 0.959. The maximum Gasteiger partial charge on any atom is -0.0813 e. The minimum Gasteiger partial charge on any atom is -0.394 e. The van der Waals surface area contributed by atoms with Gasteiger partial charge in [0.15, 0.2) is 0 Å². The Bertz CT molecular complexity index is 95.9. The summed E-state index contributed by atoms with van der Waals surface area (Å²) in [7, 11) is 0. The molecule has 0 bridgehead atoms. The number of pyridine rings is 1. The first-order valence-electron chi connectivity index (χ1n) is 1.91. The molecule has 0 aliphatic heterocycles. The van der Waals surface area contributed by atoms with Crippen molar-refractivity contribution in [3.05, 3.63) is 38.0 Å². The molecule has 0 aliphatic rings. The summed E-state index contributed by atoms with van der Waals surface area (Å²) in [5.41, 5.74) is 0. The van der Waals surface area contributed by atoms with E-state index in [2.05, 4.69) is 26.8 Å². The Morgan fingerprint density at radius 1 is 1.33 bits per heavy atom. The predicted octanol–water partition coefficient (Wildman–Crippen LogP) is 1.21. The predicted molar refractivity (Wildman–Crippen MR) is 30.2 cm³/mol. The molecule has 0 amide bonds. The van der Waals surface area contributed by atoms with E-state index in [1.165, 1.54) is 0 Å². The van der Waals surface area contributed by atoms with Crippen molar-refractivity contribution in [2.45, 2.75) is 0 Å². The van der Waals surface area contributed by atoms with Gasteiger partial charge in [-0.15, -0.1) is 0 Å². The van der Waals surface area contributed by atoms with Gasteiger partial charge in [-0.3, -0.25) is 0 Å². The van der Waals surface area contributed by atoms with Crippen LogP contribution in [0.4, 0.5) is 0 Å². The zero-order valence-electron chi connectivity index (χ0n) is 5.00. The third kappa shape index (κ3) is 7.46. The summed E-state index contributed by atoms with van der Waals surface area (Å²) in [5, 5.41) is 0. The number of aromatic nitrogens is 1. The van der Waals surface area contributed by atoms with Crippen molar-refractivity contribution in [3.63, 3.8) is 0 Å². The molecular formula is C6H7CoNO-2. The Morgan fingerprint density at radius 3 is 2.11 bits per heavy atom. The molecule has 1 aromatic rings. The third-order valence-corrected chi connectivity index (χ3v) is 0.517. The topological polar surface area (TPSA) is 30.0 Å². The van der Waals surface area contributed by atoms with Crippen molar-refractivity contribution < 1.29 is 19.5 Å². The normalized spacial score (nSPS) is 5.89. The summed E-state index contributed by atoms with van der Waals surface area (Å²) >= 11 is 2.31. The summed E-state index contributed by atoms with van der Waals surface area (Å²) in [4.78, 5) is 3.66. The molecule has 1 heterocycles. The molecule has 0 radical (unpaired) electrons. The van der Waals surface area contributed by atoms with E-state index in [0.717, 1.165) is 0 Å². The molecule has 1 aromatic heterocycles. The number of rotatable bonds is 0. The fourth-order valence-electron chi connectivity index (χ4n) is 0.277. The maximum atomic E-state index is 7.94. The van der Waals surface area contributed by atoms with Gasteiger partial charge >= 0.3 is 19.5 Å². The van der Waals surface area contributed by atoms with Crippen LogP contribution in [-0.4, -0.2) is 4.98 Å². The molecule has 2 nitrogen and oxygen atoms in total. The molecule has 0 aliphatic carbocycles. The molecule has 0 N–H and O–H groups in total. The summed E-state index contributed by atoms with van der Waals surface area (Å²) < 4.78 is 7.94. The summed E-state index contributed by atoms with van der Waals surface area (Å²) in [6, 6.07) is 5.50. The molecule has 0 atom stereocenters. The van der Waals surface area contributed by atoms with Crippen molar-refractivity contribution in [1.82, 2.24) is 4.98 Å². The molecule has 53 valence electrons. The number of hydrogen-bond acceptors (Lipinski definition) is 2. The molecule has 9 heavy (non-hydrogen) atoms. The molecule has 0 spiro atoms. The summed E-state index contributed by atoms with van der Waals surface area (Å²) in [6.07, 6.45) is 4.34. The van der Waals surface area contributed by atoms with Crippen LogP contribution in [0.2, 0.25) is 0 Å². The van der Waals surface area contributed by atoms with Gasteiger partial charge in [0, 0.05) is 0 Å². The van der Waals surface area contributed by atoms with Crippen LogP contribution in [0.3, 0.4) is 0 Å². The van der Waals surface area contributed by atoms with Gasteiger partial charge in [0.25, 0.3) is 0 Å². The Morgan fingerprint density at radius 2 is 2.00 bits per heavy atom. The van der Waals surface area contributed by atoms with Crippen molar-refractivity contribution in [1.29, 1.82) is 0 Å². The Hall–Kier alpha value is -0.544. The molecule has 0 aromatic carbocycles. The SMILES string of the molecule is [CH3-].[O]=[Co].[c-]1ccccn1. The van der Waals surface area contributed by atoms with Gasteiger partial charge in [0.1, 0.15) is 0 Å². The monoisotopic (exact) mass is 168 g/mol. The van der Waals surface area contributed by atoms with Crippen LogP contribution in [0.25, 0.3) is 0 Å². The first-order valence-corrected chi connectivity index (χ1v) is 2.33. The number of nitrogens with zero attached hydrogens (tertiary/aromatic N) is 1. The number of hydrogen-bond donors (Lipinski definition) is 0. The van der Waals surface area contributed by atoms with E-state index in [1.807, 2.05) is 12.1 Å². The van der Waals surface area contributed by atoms with Crippen molar-refractivity contribution in [2.75, 3.05) is 0 Å². The first kappa shape index (κ1) is 11.3. The summed E-state index contributed by atoms with van der Waals surface area (Å²) in [6.45, 7) is 0. The van der Waals surface area contributed by atoms with Crippen LogP contribution in [-0.2, 0) is 19.5 Å². The zero-order valence-corrected chi connectivity index (χ0v) is 6.04. The minimum absolute atomic E-state index is 0. The molecule has 3 heteroatoms. The fraction of sp³-hybridized carbons (Fsp3) is 0. The van der Waals surface area contributed by atoms with Gasteiger partial charge in [0.05, 0.1) is 0 Å². The van der Waals surface area contributed by atoms with Gasteiger partial charge in [-0.2, -0.15) is 18.2 Å². The van der Waals surface area contributed by atoms with E-state index in [1.54, 1.807) is 12.3 Å². The zero-order chi connectivity index (χ0) is 6.24. The summed E-state index contributed by atoms with van der Waals surface area (Å²) in [5.74, 6) is 0. The van der Waals surface area contributed by atoms with Gasteiger partial charge in [0.2, 0.25) is 0 Å². The van der Waals surface area contributed by atoms with Crippen LogP contribution in [0.1, 0.15) is 0 Å². The van der Waals surface area contributed by atoms with Crippen LogP contribution in [0, 0.1) is 13.6 Å². The molecule has 0 unspecified atom stereocenters. The second-order valence-corrected chi connectivity index (χ2v) is 0.959. The van der Waals surface area contributed by atoms with Crippen LogP contribution in [0.15, 0.2) is 24.4 Å². The smallest absolute Gasteiger partial charge is 0.0813 e. The van der Waals surface area contributed by atoms with Crippen LogP contribution < -0.4 is 0 Å². The Balaban J connectivity index is 0. The van der Waals surface area contributed by atoms with E-state index in [9.17, 15) is 0 Å². The van der Waals surface area contributed by atoms with E-state index < -0.39 is 0 Å². The first-order chi connectivity index (χ1) is 4.00. The average Bonchev–Trinajstić information content (AvgIpc) is 1.96. The van der Waals surface area contributed by atoms with Gasteiger partial charge in [-0.1, -0.05) is 12.4 Å².